The van der Waals surface area contributed by atoms with Gasteiger partial charge in [0.1, 0.15) is 18.8 Å². The maximum absolute atomic E-state index is 15.1. The van der Waals surface area contributed by atoms with Crippen LogP contribution in [0.5, 0.6) is 0 Å². The van der Waals surface area contributed by atoms with Gasteiger partial charge in [0.15, 0.2) is 17.8 Å². The first-order valence-electron chi connectivity index (χ1n) is 12.7. The van der Waals surface area contributed by atoms with Crippen LogP contribution in [0, 0.1) is 0 Å². The van der Waals surface area contributed by atoms with Crippen molar-refractivity contribution < 1.29 is 37.8 Å². The molecule has 0 aliphatic carbocycles. The van der Waals surface area contributed by atoms with Crippen molar-refractivity contribution >= 4 is 29.4 Å². The van der Waals surface area contributed by atoms with Crippen LogP contribution in [0.25, 0.3) is 17.1 Å². The summed E-state index contributed by atoms with van der Waals surface area (Å²) in [5.41, 5.74) is -1.66. The number of rotatable bonds is 9. The highest BCUT2D eigenvalue weighted by Gasteiger charge is 2.34. The van der Waals surface area contributed by atoms with Crippen LogP contribution in [0.4, 0.5) is 13.2 Å². The Bertz CT molecular complexity index is 1790. The molecule has 1 aliphatic rings. The molecule has 1 saturated heterocycles. The van der Waals surface area contributed by atoms with Gasteiger partial charge in [-0.15, -0.1) is 10.2 Å². The van der Waals surface area contributed by atoms with Gasteiger partial charge in [-0.2, -0.15) is 0 Å². The second-order valence-electron chi connectivity index (χ2n) is 9.38. The predicted octanol–water partition coefficient (Wildman–Crippen LogP) is 0.753. The minimum Gasteiger partial charge on any atom is -0.478 e. The molecular weight excluding hydrogens is 615 g/mol. The minimum absolute atomic E-state index is 0.0913. The van der Waals surface area contributed by atoms with Gasteiger partial charge < -0.3 is 20.4 Å². The number of aliphatic hydroxyl groups excluding tert-OH is 1. The summed E-state index contributed by atoms with van der Waals surface area (Å²) >= 11 is 5.90. The van der Waals surface area contributed by atoms with Gasteiger partial charge in [0.2, 0.25) is 18.0 Å². The number of aliphatic hydroxyl groups is 1. The number of aromatic carboxylic acids is 1. The highest BCUT2D eigenvalue weighted by Crippen LogP contribution is 2.26. The number of hydrogen-bond donors (Lipinski definition) is 3. The number of pyridine rings is 1. The second kappa shape index (κ2) is 12.3. The average molecular weight is 636 g/mol. The van der Waals surface area contributed by atoms with Gasteiger partial charge in [-0.1, -0.05) is 11.6 Å². The molecule has 1 fully saturated rings. The van der Waals surface area contributed by atoms with Crippen molar-refractivity contribution in [2.45, 2.75) is 25.4 Å². The number of benzene rings is 1. The van der Waals surface area contributed by atoms with Crippen LogP contribution < -0.4 is 11.0 Å². The topological polar surface area (TPSA) is 190 Å². The van der Waals surface area contributed by atoms with Crippen LogP contribution in [-0.4, -0.2) is 99.2 Å². The zero-order valence-corrected chi connectivity index (χ0v) is 23.0. The number of alkyl halides is 3. The number of nitrogens with zero attached hydrogens (tertiary/aromatic N) is 8. The molecule has 1 unspecified atom stereocenters. The molecule has 2 amide bonds. The van der Waals surface area contributed by atoms with Crippen LogP contribution >= 0.6 is 11.6 Å². The average Bonchev–Trinajstić information content (AvgIpc) is 3.57. The maximum Gasteiger partial charge on any atom is 0.349 e. The second-order valence-corrected chi connectivity index (χ2v) is 9.81. The van der Waals surface area contributed by atoms with E-state index in [1.807, 2.05) is 0 Å². The Morgan fingerprint density at radius 3 is 2.48 bits per heavy atom. The molecule has 0 radical (unpaired) electrons. The highest BCUT2D eigenvalue weighted by molar-refractivity contribution is 6.30. The number of piperazine rings is 1. The zero-order chi connectivity index (χ0) is 31.7. The molecule has 3 N–H and O–H groups in total. The highest BCUT2D eigenvalue weighted by atomic mass is 35.5. The molecule has 15 nitrogen and oxygen atoms in total. The predicted molar refractivity (Wildman–Crippen MR) is 143 cm³/mol. The van der Waals surface area contributed by atoms with Crippen molar-refractivity contribution in [3.8, 4) is 17.1 Å². The smallest absolute Gasteiger partial charge is 0.349 e. The number of carbonyl (C=O) groups excluding carboxylic acids is 2. The number of amides is 2. The number of carboxylic acid groups (broad SMARTS) is 1. The molecule has 2 atom stereocenters. The van der Waals surface area contributed by atoms with E-state index in [-0.39, 0.29) is 51.9 Å². The standard InChI is InChI=1S/C25H21ClF3N9O6/c26-13-3-1-12(2-4-13)21-34-36(25(44)37(21)20(29)18(40)19(27)28)10-16-32-22(23(41)35-8-7-31-17(39)11-35)38(33-16)15-9-30-6-5-14(15)24(42)43/h1-6,9,18-20,40H,7-8,10-11H2,(H,31,39)(H,42,43)/t18-,20?/m1/s1. The zero-order valence-electron chi connectivity index (χ0n) is 22.2. The Balaban J connectivity index is 1.62. The Morgan fingerprint density at radius 1 is 1.09 bits per heavy atom. The van der Waals surface area contributed by atoms with Crippen molar-refractivity contribution in [1.29, 1.82) is 0 Å². The van der Waals surface area contributed by atoms with E-state index in [0.717, 1.165) is 21.8 Å². The van der Waals surface area contributed by atoms with Crippen LogP contribution in [0.3, 0.4) is 0 Å². The summed E-state index contributed by atoms with van der Waals surface area (Å²) in [6.07, 6.45) is -7.01. The minimum atomic E-state index is -3.54. The SMILES string of the molecule is O=C1CN(C(=O)c2nc(Cn3nc(-c4ccc(Cl)cc4)n(C(F)[C@H](O)C(F)F)c3=O)nn2-c2cnccc2C(=O)O)CCN1. The van der Waals surface area contributed by atoms with Gasteiger partial charge in [0.05, 0.1) is 11.8 Å². The summed E-state index contributed by atoms with van der Waals surface area (Å²) in [6.45, 7) is -0.725. The molecule has 4 heterocycles. The van der Waals surface area contributed by atoms with E-state index in [2.05, 4.69) is 25.5 Å². The quantitative estimate of drug-likeness (QED) is 0.237. The van der Waals surface area contributed by atoms with Crippen molar-refractivity contribution in [3.05, 3.63) is 75.4 Å². The fourth-order valence-electron chi connectivity index (χ4n) is 4.37. The molecule has 230 valence electrons. The summed E-state index contributed by atoms with van der Waals surface area (Å²) < 4.78 is 43.3. The summed E-state index contributed by atoms with van der Waals surface area (Å²) in [7, 11) is 0. The Kier molecular flexibility index (Phi) is 8.45. The summed E-state index contributed by atoms with van der Waals surface area (Å²) in [5, 5.41) is 30.5. The first-order valence-corrected chi connectivity index (χ1v) is 13.1. The molecular formula is C25H21ClF3N9O6. The third-order valence-electron chi connectivity index (χ3n) is 6.48. The van der Waals surface area contributed by atoms with Crippen molar-refractivity contribution in [2.24, 2.45) is 0 Å². The van der Waals surface area contributed by atoms with E-state index in [4.69, 9.17) is 11.6 Å². The third-order valence-corrected chi connectivity index (χ3v) is 6.73. The van der Waals surface area contributed by atoms with Crippen molar-refractivity contribution in [2.75, 3.05) is 19.6 Å². The normalized spacial score (nSPS) is 14.9. The van der Waals surface area contributed by atoms with Crippen molar-refractivity contribution in [3.63, 3.8) is 0 Å². The first-order chi connectivity index (χ1) is 21.0. The fourth-order valence-corrected chi connectivity index (χ4v) is 4.49. The number of carbonyl (C=O) groups is 3. The number of halogens is 4. The van der Waals surface area contributed by atoms with Gasteiger partial charge in [0, 0.05) is 29.9 Å². The van der Waals surface area contributed by atoms with E-state index in [9.17, 15) is 38.2 Å². The van der Waals surface area contributed by atoms with Gasteiger partial charge in [-0.3, -0.25) is 14.6 Å². The van der Waals surface area contributed by atoms with Gasteiger partial charge >= 0.3 is 11.7 Å². The van der Waals surface area contributed by atoms with E-state index in [1.165, 1.54) is 30.5 Å². The Hall–Kier alpha value is -5.10. The molecule has 44 heavy (non-hydrogen) atoms. The van der Waals surface area contributed by atoms with E-state index in [0.29, 0.717) is 4.68 Å². The van der Waals surface area contributed by atoms with E-state index in [1.54, 1.807) is 0 Å². The Labute approximate surface area is 249 Å². The molecule has 1 aliphatic heterocycles. The number of hydrogen-bond acceptors (Lipinski definition) is 9. The number of aromatic nitrogens is 7. The van der Waals surface area contributed by atoms with Gasteiger partial charge in [-0.25, -0.2) is 41.7 Å². The first kappa shape index (κ1) is 30.4. The lowest BCUT2D eigenvalue weighted by atomic mass is 10.2. The lowest BCUT2D eigenvalue weighted by molar-refractivity contribution is -0.123. The monoisotopic (exact) mass is 635 g/mol. The molecule has 1 aromatic carbocycles. The van der Waals surface area contributed by atoms with Crippen LogP contribution in [0.2, 0.25) is 5.02 Å². The van der Waals surface area contributed by atoms with Crippen LogP contribution in [-0.2, 0) is 11.3 Å². The molecule has 0 saturated carbocycles. The van der Waals surface area contributed by atoms with Gasteiger partial charge in [0.25, 0.3) is 12.3 Å². The van der Waals surface area contributed by atoms with E-state index < -0.39 is 60.5 Å². The van der Waals surface area contributed by atoms with E-state index >= 15 is 4.39 Å². The number of carboxylic acids is 1. The molecule has 5 rings (SSSR count). The number of nitrogens with one attached hydrogen (secondary N) is 1. The maximum atomic E-state index is 15.1. The van der Waals surface area contributed by atoms with Crippen LogP contribution in [0.1, 0.15) is 33.1 Å². The lowest BCUT2D eigenvalue weighted by Gasteiger charge is -2.26. The molecule has 3 aromatic heterocycles. The lowest BCUT2D eigenvalue weighted by Crippen LogP contribution is -2.50. The fraction of sp³-hybridized carbons (Fsp3) is 0.280. The molecule has 0 spiro atoms. The Morgan fingerprint density at radius 2 is 1.82 bits per heavy atom. The molecule has 0 bridgehead atoms. The van der Waals surface area contributed by atoms with Gasteiger partial charge in [-0.05, 0) is 30.3 Å². The van der Waals surface area contributed by atoms with Crippen molar-refractivity contribution in [1.82, 2.24) is 44.3 Å². The summed E-state index contributed by atoms with van der Waals surface area (Å²) in [6, 6.07) is 6.62. The third kappa shape index (κ3) is 5.88. The van der Waals surface area contributed by atoms with Crippen LogP contribution in [0.15, 0.2) is 47.5 Å². The molecule has 19 heteroatoms. The summed E-state index contributed by atoms with van der Waals surface area (Å²) in [5.74, 6) is -3.80. The summed E-state index contributed by atoms with van der Waals surface area (Å²) in [4.78, 5) is 59.8. The molecule has 4 aromatic rings. The largest absolute Gasteiger partial charge is 0.478 e.